The van der Waals surface area contributed by atoms with Gasteiger partial charge in [-0.2, -0.15) is 0 Å². The summed E-state index contributed by atoms with van der Waals surface area (Å²) >= 11 is 0. The van der Waals surface area contributed by atoms with Gasteiger partial charge in [-0.05, 0) is 31.2 Å². The molecule has 1 aromatic carbocycles. The van der Waals surface area contributed by atoms with Gasteiger partial charge in [0.2, 0.25) is 0 Å². The predicted octanol–water partition coefficient (Wildman–Crippen LogP) is 2.15. The topological polar surface area (TPSA) is 46.2 Å². The van der Waals surface area contributed by atoms with Crippen molar-refractivity contribution in [1.82, 2.24) is 5.32 Å². The molecule has 0 heterocycles. The Kier molecular flexibility index (Phi) is 5.39. The first kappa shape index (κ1) is 14.7. The molecule has 3 nitrogen and oxygen atoms in total. The number of hydrogen-bond acceptors (Lipinski definition) is 3. The van der Waals surface area contributed by atoms with Crippen LogP contribution in [-0.2, 0) is 9.84 Å². The lowest BCUT2D eigenvalue weighted by Crippen LogP contribution is -2.20. The van der Waals surface area contributed by atoms with Gasteiger partial charge in [-0.25, -0.2) is 8.42 Å². The van der Waals surface area contributed by atoms with Crippen molar-refractivity contribution in [3.8, 4) is 11.8 Å². The first-order chi connectivity index (χ1) is 8.49. The summed E-state index contributed by atoms with van der Waals surface area (Å²) in [5.41, 5.74) is 0.961. The van der Waals surface area contributed by atoms with Gasteiger partial charge >= 0.3 is 0 Å². The summed E-state index contributed by atoms with van der Waals surface area (Å²) in [7, 11) is -3.16. The molecule has 1 rings (SSSR count). The minimum Gasteiger partial charge on any atom is -0.309 e. The van der Waals surface area contributed by atoms with E-state index < -0.39 is 9.84 Å². The monoisotopic (exact) mass is 265 g/mol. The average Bonchev–Trinajstić information content (AvgIpc) is 2.33. The van der Waals surface area contributed by atoms with E-state index in [1.54, 1.807) is 25.1 Å². The second kappa shape index (κ2) is 6.58. The fraction of sp³-hybridized carbons (Fsp3) is 0.429. The van der Waals surface area contributed by atoms with Gasteiger partial charge in [-0.15, -0.1) is 11.8 Å². The normalized spacial score (nSPS) is 12.6. The third-order valence-electron chi connectivity index (χ3n) is 2.62. The maximum atomic E-state index is 11.5. The van der Waals surface area contributed by atoms with Gasteiger partial charge in [-0.3, -0.25) is 0 Å². The molecule has 18 heavy (non-hydrogen) atoms. The molecule has 0 saturated carbocycles. The summed E-state index contributed by atoms with van der Waals surface area (Å²) in [4.78, 5) is 0.354. The summed E-state index contributed by atoms with van der Waals surface area (Å²) in [6.07, 6.45) is 1.90. The maximum Gasteiger partial charge on any atom is 0.175 e. The van der Waals surface area contributed by atoms with Crippen LogP contribution < -0.4 is 5.32 Å². The van der Waals surface area contributed by atoms with Gasteiger partial charge in [0, 0.05) is 18.7 Å². The molecule has 1 atom stereocenters. The number of hydrogen-bond donors (Lipinski definition) is 1. The molecule has 98 valence electrons. The first-order valence-corrected chi connectivity index (χ1v) is 7.81. The summed E-state index contributed by atoms with van der Waals surface area (Å²) in [6.45, 7) is 4.64. The average molecular weight is 265 g/mol. The molecule has 0 fully saturated rings. The van der Waals surface area contributed by atoms with E-state index in [2.05, 4.69) is 17.2 Å². The molecule has 0 bridgehead atoms. The highest BCUT2D eigenvalue weighted by atomic mass is 32.2. The quantitative estimate of drug-likeness (QED) is 0.830. The van der Waals surface area contributed by atoms with E-state index in [1.807, 2.05) is 13.0 Å². The summed E-state index contributed by atoms with van der Waals surface area (Å²) in [6, 6.07) is 7.12. The highest BCUT2D eigenvalue weighted by Gasteiger charge is 2.12. The lowest BCUT2D eigenvalue weighted by molar-refractivity contribution is 0.563. The van der Waals surface area contributed by atoms with Gasteiger partial charge < -0.3 is 5.32 Å². The largest absolute Gasteiger partial charge is 0.309 e. The molecule has 1 aromatic rings. The Hall–Kier alpha value is -1.31. The molecule has 4 heteroatoms. The maximum absolute atomic E-state index is 11.5. The Morgan fingerprint density at radius 2 is 2.11 bits per heavy atom. The van der Waals surface area contributed by atoms with Crippen LogP contribution in [0.5, 0.6) is 0 Å². The Labute approximate surface area is 110 Å². The Morgan fingerprint density at radius 1 is 1.39 bits per heavy atom. The molecule has 0 spiro atoms. The van der Waals surface area contributed by atoms with Crippen LogP contribution >= 0.6 is 0 Å². The highest BCUT2D eigenvalue weighted by Crippen LogP contribution is 2.20. The molecule has 0 amide bonds. The Morgan fingerprint density at radius 3 is 2.67 bits per heavy atom. The van der Waals surface area contributed by atoms with Crippen molar-refractivity contribution in [2.75, 3.05) is 12.8 Å². The molecular weight excluding hydrogens is 246 g/mol. The second-order valence-electron chi connectivity index (χ2n) is 4.09. The van der Waals surface area contributed by atoms with Crippen molar-refractivity contribution < 1.29 is 8.42 Å². The third-order valence-corrected chi connectivity index (χ3v) is 3.73. The predicted molar refractivity (Wildman–Crippen MR) is 74.0 cm³/mol. The molecular formula is C14H19NO2S. The van der Waals surface area contributed by atoms with Crippen molar-refractivity contribution in [1.29, 1.82) is 0 Å². The first-order valence-electron chi connectivity index (χ1n) is 5.92. The van der Waals surface area contributed by atoms with E-state index >= 15 is 0 Å². The number of sulfone groups is 1. The number of benzene rings is 1. The molecule has 1 N–H and O–H groups in total. The van der Waals surface area contributed by atoms with Crippen LogP contribution in [0.15, 0.2) is 29.2 Å². The molecule has 0 saturated heterocycles. The van der Waals surface area contributed by atoms with Gasteiger partial charge in [-0.1, -0.05) is 19.1 Å². The van der Waals surface area contributed by atoms with E-state index in [4.69, 9.17) is 0 Å². The fourth-order valence-electron chi connectivity index (χ4n) is 1.72. The zero-order chi connectivity index (χ0) is 13.6. The molecule has 0 aliphatic heterocycles. The molecule has 0 radical (unpaired) electrons. The van der Waals surface area contributed by atoms with Crippen LogP contribution in [0.4, 0.5) is 0 Å². The zero-order valence-corrected chi connectivity index (χ0v) is 11.8. The van der Waals surface area contributed by atoms with E-state index in [0.29, 0.717) is 11.3 Å². The lowest BCUT2D eigenvalue weighted by atomic mass is 10.0. The fourth-order valence-corrected chi connectivity index (χ4v) is 2.40. The lowest BCUT2D eigenvalue weighted by Gasteiger charge is -2.16. The Bertz CT molecular complexity index is 553. The molecule has 0 aliphatic carbocycles. The van der Waals surface area contributed by atoms with Crippen molar-refractivity contribution in [3.63, 3.8) is 0 Å². The van der Waals surface area contributed by atoms with Crippen molar-refractivity contribution >= 4 is 9.84 Å². The highest BCUT2D eigenvalue weighted by molar-refractivity contribution is 7.90. The van der Waals surface area contributed by atoms with Crippen LogP contribution in [0.1, 0.15) is 31.9 Å². The second-order valence-corrected chi connectivity index (χ2v) is 6.10. The van der Waals surface area contributed by atoms with Gasteiger partial charge in [0.15, 0.2) is 9.84 Å². The zero-order valence-electron chi connectivity index (χ0n) is 11.0. The van der Waals surface area contributed by atoms with Crippen LogP contribution in [0.2, 0.25) is 0 Å². The van der Waals surface area contributed by atoms with Crippen LogP contribution in [-0.4, -0.2) is 21.2 Å². The summed E-state index contributed by atoms with van der Waals surface area (Å²) < 4.78 is 23.1. The van der Waals surface area contributed by atoms with Crippen molar-refractivity contribution in [2.45, 2.75) is 31.2 Å². The molecule has 0 aliphatic rings. The number of nitrogens with one attached hydrogen (secondary N) is 1. The number of rotatable bonds is 5. The molecule has 0 aromatic heterocycles. The van der Waals surface area contributed by atoms with Crippen LogP contribution in [0.3, 0.4) is 0 Å². The summed E-state index contributed by atoms with van der Waals surface area (Å²) in [5.74, 6) is 5.89. The van der Waals surface area contributed by atoms with Gasteiger partial charge in [0.05, 0.1) is 4.90 Å². The smallest absolute Gasteiger partial charge is 0.175 e. The van der Waals surface area contributed by atoms with E-state index in [-0.39, 0.29) is 6.04 Å². The van der Waals surface area contributed by atoms with Gasteiger partial charge in [0.25, 0.3) is 0 Å². The standard InChI is InChI=1S/C14H19NO2S/c1-4-6-10-14(15-5-2)12-8-7-9-13(11-12)18(3,16)17/h7-9,11,14-15H,5,10H2,1-3H3. The van der Waals surface area contributed by atoms with E-state index in [1.165, 1.54) is 6.26 Å². The van der Waals surface area contributed by atoms with E-state index in [9.17, 15) is 8.42 Å². The van der Waals surface area contributed by atoms with Crippen LogP contribution in [0, 0.1) is 11.8 Å². The minimum absolute atomic E-state index is 0.0733. The van der Waals surface area contributed by atoms with E-state index in [0.717, 1.165) is 12.1 Å². The SMILES string of the molecule is CC#CCC(NCC)c1cccc(S(C)(=O)=O)c1. The third kappa shape index (κ3) is 4.17. The van der Waals surface area contributed by atoms with Crippen molar-refractivity contribution in [2.24, 2.45) is 0 Å². The minimum atomic E-state index is -3.16. The van der Waals surface area contributed by atoms with Crippen molar-refractivity contribution in [3.05, 3.63) is 29.8 Å². The molecule has 1 unspecified atom stereocenters. The Balaban J connectivity index is 3.07. The van der Waals surface area contributed by atoms with Gasteiger partial charge in [0.1, 0.15) is 0 Å². The van der Waals surface area contributed by atoms with Crippen LogP contribution in [0.25, 0.3) is 0 Å². The summed E-state index contributed by atoms with van der Waals surface area (Å²) in [5, 5.41) is 3.32.